The van der Waals surface area contributed by atoms with E-state index in [1.165, 1.54) is 13.2 Å². The number of ether oxygens (including phenoxy) is 1. The van der Waals surface area contributed by atoms with Crippen LogP contribution >= 0.6 is 0 Å². The summed E-state index contributed by atoms with van der Waals surface area (Å²) in [6.45, 7) is 1.16. The Bertz CT molecular complexity index is 435. The third-order valence-electron chi connectivity index (χ3n) is 1.99. The maximum Gasteiger partial charge on any atom is 0.312 e. The van der Waals surface area contributed by atoms with Crippen molar-refractivity contribution in [3.05, 3.63) is 45.6 Å². The molecule has 5 heteroatoms. The normalized spacial score (nSPS) is 11.0. The fraction of sp³-hybridized carbons (Fsp3) is 0.182. The van der Waals surface area contributed by atoms with Crippen molar-refractivity contribution in [2.75, 3.05) is 7.11 Å². The van der Waals surface area contributed by atoms with E-state index < -0.39 is 16.4 Å². The molecule has 0 spiro atoms. The van der Waals surface area contributed by atoms with Gasteiger partial charge in [-0.05, 0) is 6.07 Å². The predicted octanol–water partition coefficient (Wildman–Crippen LogP) is 1.90. The zero-order valence-electron chi connectivity index (χ0n) is 8.97. The lowest BCUT2D eigenvalue weighted by molar-refractivity contribution is -0.417. The van der Waals surface area contributed by atoms with Crippen molar-refractivity contribution in [1.29, 1.82) is 0 Å². The van der Waals surface area contributed by atoms with Crippen molar-refractivity contribution in [1.82, 2.24) is 0 Å². The quantitative estimate of drug-likeness (QED) is 0.442. The van der Waals surface area contributed by atoms with Gasteiger partial charge < -0.3 is 4.74 Å². The van der Waals surface area contributed by atoms with Crippen LogP contribution in [-0.2, 0) is 4.79 Å². The van der Waals surface area contributed by atoms with E-state index in [9.17, 15) is 14.9 Å². The van der Waals surface area contributed by atoms with Crippen molar-refractivity contribution < 1.29 is 14.5 Å². The summed E-state index contributed by atoms with van der Waals surface area (Å²) < 4.78 is 5.03. The van der Waals surface area contributed by atoms with Crippen molar-refractivity contribution in [2.24, 2.45) is 0 Å². The van der Waals surface area contributed by atoms with Crippen LogP contribution < -0.4 is 4.74 Å². The molecule has 0 heterocycles. The number of nitrogens with zero attached hydrogens (tertiary/aromatic N) is 1. The molecule has 0 amide bonds. The molecule has 0 radical (unpaired) electrons. The average Bonchev–Trinajstić information content (AvgIpc) is 2.25. The van der Waals surface area contributed by atoms with Gasteiger partial charge in [0.2, 0.25) is 5.78 Å². The highest BCUT2D eigenvalue weighted by molar-refractivity contribution is 5.95. The van der Waals surface area contributed by atoms with Crippen LogP contribution in [0.1, 0.15) is 12.5 Å². The molecule has 1 aromatic rings. The van der Waals surface area contributed by atoms with Gasteiger partial charge in [-0.25, -0.2) is 0 Å². The molecule has 0 unspecified atom stereocenters. The molecule has 0 N–H and O–H groups in total. The number of benzene rings is 1. The van der Waals surface area contributed by atoms with Crippen LogP contribution in [-0.4, -0.2) is 17.8 Å². The molecule has 0 saturated heterocycles. The van der Waals surface area contributed by atoms with Crippen molar-refractivity contribution in [3.63, 3.8) is 0 Å². The number of ketones is 1. The minimum Gasteiger partial charge on any atom is -0.496 e. The smallest absolute Gasteiger partial charge is 0.312 e. The summed E-state index contributed by atoms with van der Waals surface area (Å²) in [7, 11) is 1.46. The molecule has 0 bridgehead atoms. The number of Topliss-reactive ketones (excluding diaryl/α,β-unsaturated/α-hetero) is 1. The fourth-order valence-corrected chi connectivity index (χ4v) is 1.22. The second-order valence-corrected chi connectivity index (χ2v) is 3.08. The minimum absolute atomic E-state index is 0.454. The van der Waals surface area contributed by atoms with E-state index >= 15 is 0 Å². The van der Waals surface area contributed by atoms with Gasteiger partial charge in [-0.2, -0.15) is 0 Å². The van der Waals surface area contributed by atoms with Gasteiger partial charge in [0.15, 0.2) is 0 Å². The van der Waals surface area contributed by atoms with Crippen LogP contribution in [0, 0.1) is 10.1 Å². The van der Waals surface area contributed by atoms with E-state index in [4.69, 9.17) is 4.74 Å². The van der Waals surface area contributed by atoms with Gasteiger partial charge in [0.25, 0.3) is 0 Å². The molecule has 0 aliphatic rings. The first-order chi connectivity index (χ1) is 7.56. The Balaban J connectivity index is 3.23. The summed E-state index contributed by atoms with van der Waals surface area (Å²) in [6, 6.07) is 6.77. The molecule has 84 valence electrons. The molecule has 5 nitrogen and oxygen atoms in total. The van der Waals surface area contributed by atoms with Crippen LogP contribution in [0.3, 0.4) is 0 Å². The molecular formula is C11H11NO4. The molecule has 0 atom stereocenters. The van der Waals surface area contributed by atoms with E-state index in [2.05, 4.69) is 0 Å². The second-order valence-electron chi connectivity index (χ2n) is 3.08. The number of allylic oxidation sites excluding steroid dienone is 1. The van der Waals surface area contributed by atoms with Gasteiger partial charge in [-0.15, -0.1) is 0 Å². The molecule has 0 aliphatic carbocycles. The first kappa shape index (κ1) is 11.9. The third-order valence-corrected chi connectivity index (χ3v) is 1.99. The largest absolute Gasteiger partial charge is 0.496 e. The first-order valence-corrected chi connectivity index (χ1v) is 4.56. The molecule has 0 aliphatic heterocycles. The summed E-state index contributed by atoms with van der Waals surface area (Å²) in [5.41, 5.74) is 0.0522. The number of rotatable bonds is 4. The van der Waals surface area contributed by atoms with Gasteiger partial charge in [0.1, 0.15) is 5.75 Å². The maximum atomic E-state index is 11.0. The highest BCUT2D eigenvalue weighted by atomic mass is 16.6. The van der Waals surface area contributed by atoms with Gasteiger partial charge in [0, 0.05) is 18.6 Å². The van der Waals surface area contributed by atoms with Crippen molar-refractivity contribution >= 4 is 11.9 Å². The topological polar surface area (TPSA) is 69.4 Å². The van der Waals surface area contributed by atoms with E-state index in [1.54, 1.807) is 24.3 Å². The summed E-state index contributed by atoms with van der Waals surface area (Å²) in [4.78, 5) is 21.0. The molecule has 0 aromatic heterocycles. The van der Waals surface area contributed by atoms with E-state index in [1.807, 2.05) is 0 Å². The van der Waals surface area contributed by atoms with Crippen LogP contribution in [0.25, 0.3) is 6.08 Å². The number of para-hydroxylation sites is 1. The highest BCUT2D eigenvalue weighted by Gasteiger charge is 2.17. The highest BCUT2D eigenvalue weighted by Crippen LogP contribution is 2.20. The Morgan fingerprint density at radius 1 is 1.44 bits per heavy atom. The zero-order chi connectivity index (χ0) is 12.1. The Hall–Kier alpha value is -2.17. The van der Waals surface area contributed by atoms with E-state index in [0.717, 1.165) is 6.92 Å². The Morgan fingerprint density at radius 3 is 2.56 bits per heavy atom. The van der Waals surface area contributed by atoms with Crippen molar-refractivity contribution in [3.8, 4) is 5.75 Å². The van der Waals surface area contributed by atoms with Gasteiger partial charge in [0.05, 0.1) is 12.0 Å². The fourth-order valence-electron chi connectivity index (χ4n) is 1.22. The summed E-state index contributed by atoms with van der Waals surface area (Å²) in [5.74, 6) is -0.0981. The Labute approximate surface area is 92.5 Å². The minimum atomic E-state index is -0.700. The third kappa shape index (κ3) is 2.66. The molecule has 1 aromatic carbocycles. The number of carbonyl (C=O) groups excluding carboxylic acids is 1. The standard InChI is InChI=1S/C11H11NO4/c1-8(13)10(12(14)15)7-9-5-3-4-6-11(9)16-2/h3-7H,1-2H3/b10-7-. The van der Waals surface area contributed by atoms with Crippen LogP contribution in [0.2, 0.25) is 0 Å². The van der Waals surface area contributed by atoms with E-state index in [-0.39, 0.29) is 0 Å². The van der Waals surface area contributed by atoms with Crippen LogP contribution in [0.15, 0.2) is 30.0 Å². The predicted molar refractivity (Wildman–Crippen MR) is 58.6 cm³/mol. The van der Waals surface area contributed by atoms with Crippen LogP contribution in [0.4, 0.5) is 0 Å². The molecule has 1 rings (SSSR count). The Morgan fingerprint density at radius 2 is 2.06 bits per heavy atom. The Kier molecular flexibility index (Phi) is 3.77. The number of nitro groups is 1. The van der Waals surface area contributed by atoms with Crippen molar-refractivity contribution in [2.45, 2.75) is 6.92 Å². The lowest BCUT2D eigenvalue weighted by atomic mass is 10.1. The number of carbonyl (C=O) groups is 1. The van der Waals surface area contributed by atoms with Gasteiger partial charge in [-0.1, -0.05) is 18.2 Å². The first-order valence-electron chi connectivity index (χ1n) is 4.56. The monoisotopic (exact) mass is 221 g/mol. The lowest BCUT2D eigenvalue weighted by Gasteiger charge is -2.03. The van der Waals surface area contributed by atoms with E-state index in [0.29, 0.717) is 11.3 Å². The second kappa shape index (κ2) is 5.06. The summed E-state index contributed by atoms with van der Waals surface area (Å²) in [5, 5.41) is 10.6. The zero-order valence-corrected chi connectivity index (χ0v) is 8.97. The molecule has 16 heavy (non-hydrogen) atoms. The van der Waals surface area contributed by atoms with Gasteiger partial charge in [-0.3, -0.25) is 14.9 Å². The van der Waals surface area contributed by atoms with Crippen LogP contribution in [0.5, 0.6) is 5.75 Å². The summed E-state index contributed by atoms with van der Waals surface area (Å²) >= 11 is 0. The SMILES string of the molecule is COc1ccccc1/C=C(/C(C)=O)[N+](=O)[O-]. The number of methoxy groups -OCH3 is 1. The molecular weight excluding hydrogens is 210 g/mol. The number of hydrogen-bond acceptors (Lipinski definition) is 4. The average molecular weight is 221 g/mol. The molecule has 0 fully saturated rings. The summed E-state index contributed by atoms with van der Waals surface area (Å²) in [6.07, 6.45) is 1.21. The number of hydrogen-bond donors (Lipinski definition) is 0. The lowest BCUT2D eigenvalue weighted by Crippen LogP contribution is -2.07. The molecule has 0 saturated carbocycles. The maximum absolute atomic E-state index is 11.0. The van der Waals surface area contributed by atoms with Gasteiger partial charge >= 0.3 is 5.70 Å².